The third-order valence-corrected chi connectivity index (χ3v) is 5.72. The number of hydrogen-bond donors (Lipinski definition) is 2. The molecule has 0 fully saturated rings. The van der Waals surface area contributed by atoms with Crippen LogP contribution in [-0.2, 0) is 20.2 Å². The van der Waals surface area contributed by atoms with E-state index >= 15 is 0 Å². The first-order valence-corrected chi connectivity index (χ1v) is 9.83. The lowest BCUT2D eigenvalue weighted by atomic mass is 10.1. The Bertz CT molecular complexity index is 1170. The number of halogens is 1. The highest BCUT2D eigenvalue weighted by atomic mass is 32.3. The van der Waals surface area contributed by atoms with Crippen molar-refractivity contribution in [2.45, 2.75) is 9.79 Å². The van der Waals surface area contributed by atoms with Gasteiger partial charge in [0, 0.05) is 10.8 Å². The van der Waals surface area contributed by atoms with Crippen molar-refractivity contribution in [2.24, 2.45) is 0 Å². The molecule has 130 valence electrons. The Morgan fingerprint density at radius 3 is 2.12 bits per heavy atom. The first-order valence-electron chi connectivity index (χ1n) is 6.97. The van der Waals surface area contributed by atoms with Crippen molar-refractivity contribution < 1.29 is 25.8 Å². The van der Waals surface area contributed by atoms with E-state index in [1.54, 1.807) is 24.3 Å². The lowest BCUT2D eigenvalue weighted by Gasteiger charge is -2.11. The lowest BCUT2D eigenvalue weighted by Crippen LogP contribution is -2.13. The number of fused-ring (bicyclic) bond motifs is 1. The van der Waals surface area contributed by atoms with E-state index < -0.39 is 30.0 Å². The Hall–Kier alpha value is -2.65. The van der Waals surface area contributed by atoms with Crippen molar-refractivity contribution in [1.29, 1.82) is 0 Å². The number of anilines is 1. The summed E-state index contributed by atoms with van der Waals surface area (Å²) in [4.78, 5) is -1.14. The number of phenols is 1. The molecular formula is C16H12FNO5S2. The molecule has 9 heteroatoms. The zero-order valence-corrected chi connectivity index (χ0v) is 14.2. The van der Waals surface area contributed by atoms with Gasteiger partial charge in [-0.2, -0.15) is 8.42 Å². The van der Waals surface area contributed by atoms with Gasteiger partial charge in [0.2, 0.25) is 0 Å². The molecule has 0 aliphatic heterocycles. The van der Waals surface area contributed by atoms with Gasteiger partial charge in [-0.05, 0) is 30.3 Å². The molecule has 2 N–H and O–H groups in total. The first-order chi connectivity index (χ1) is 11.7. The molecule has 0 heterocycles. The fourth-order valence-electron chi connectivity index (χ4n) is 2.38. The highest BCUT2D eigenvalue weighted by Gasteiger charge is 2.20. The molecule has 0 aromatic heterocycles. The molecule has 0 unspecified atom stereocenters. The summed E-state index contributed by atoms with van der Waals surface area (Å²) in [6, 6.07) is 13.3. The van der Waals surface area contributed by atoms with Crippen LogP contribution in [-0.4, -0.2) is 21.9 Å². The second kappa shape index (κ2) is 6.01. The van der Waals surface area contributed by atoms with E-state index in [1.807, 2.05) is 0 Å². The topological polar surface area (TPSA) is 101 Å². The molecule has 0 bridgehead atoms. The number of benzene rings is 3. The van der Waals surface area contributed by atoms with E-state index in [0.29, 0.717) is 10.8 Å². The summed E-state index contributed by atoms with van der Waals surface area (Å²) in [5, 5.41) is 10.8. The number of hydrogen-bond acceptors (Lipinski definition) is 5. The molecule has 0 saturated carbocycles. The lowest BCUT2D eigenvalue weighted by molar-refractivity contribution is 0.481. The van der Waals surface area contributed by atoms with Gasteiger partial charge in [0.25, 0.3) is 10.0 Å². The van der Waals surface area contributed by atoms with E-state index in [9.17, 15) is 25.8 Å². The number of aromatic hydroxyl groups is 1. The van der Waals surface area contributed by atoms with E-state index in [2.05, 4.69) is 4.72 Å². The van der Waals surface area contributed by atoms with Crippen LogP contribution in [0.15, 0.2) is 70.5 Å². The fourth-order valence-corrected chi connectivity index (χ4v) is 4.09. The minimum atomic E-state index is -5.02. The molecule has 3 rings (SSSR count). The van der Waals surface area contributed by atoms with E-state index in [4.69, 9.17) is 0 Å². The first kappa shape index (κ1) is 17.2. The maximum atomic E-state index is 13.1. The van der Waals surface area contributed by atoms with Crippen molar-refractivity contribution in [3.8, 4) is 5.75 Å². The van der Waals surface area contributed by atoms with Crippen molar-refractivity contribution in [3.63, 3.8) is 0 Å². The summed E-state index contributed by atoms with van der Waals surface area (Å²) in [5.74, 6) is -0.0101. The highest BCUT2D eigenvalue weighted by molar-refractivity contribution is 7.92. The highest BCUT2D eigenvalue weighted by Crippen LogP contribution is 2.31. The zero-order valence-electron chi connectivity index (χ0n) is 12.5. The average Bonchev–Trinajstić information content (AvgIpc) is 2.55. The third-order valence-electron chi connectivity index (χ3n) is 3.54. The minimum Gasteiger partial charge on any atom is -0.507 e. The number of nitrogens with one attached hydrogen (secondary N) is 1. The molecule has 0 saturated heterocycles. The molecule has 0 spiro atoms. The van der Waals surface area contributed by atoms with Crippen LogP contribution in [0.4, 0.5) is 9.57 Å². The van der Waals surface area contributed by atoms with Gasteiger partial charge >= 0.3 is 10.2 Å². The van der Waals surface area contributed by atoms with Crippen LogP contribution in [0.2, 0.25) is 0 Å². The van der Waals surface area contributed by atoms with Crippen LogP contribution in [0.25, 0.3) is 10.8 Å². The van der Waals surface area contributed by atoms with Gasteiger partial charge in [0.1, 0.15) is 5.75 Å². The molecule has 0 aliphatic rings. The quantitative estimate of drug-likeness (QED) is 0.677. The fraction of sp³-hybridized carbons (Fsp3) is 0. The van der Waals surface area contributed by atoms with E-state index in [1.165, 1.54) is 12.1 Å². The Labute approximate surface area is 143 Å². The van der Waals surface area contributed by atoms with Crippen molar-refractivity contribution in [3.05, 3.63) is 60.7 Å². The molecule has 0 atom stereocenters. The summed E-state index contributed by atoms with van der Waals surface area (Å²) >= 11 is 0. The second-order valence-corrected chi connectivity index (χ2v) is 8.23. The summed E-state index contributed by atoms with van der Waals surface area (Å²) in [5.41, 5.74) is 0.196. The summed E-state index contributed by atoms with van der Waals surface area (Å²) in [7, 11) is -9.19. The number of rotatable bonds is 4. The third kappa shape index (κ3) is 3.42. The molecule has 0 amide bonds. The Kier molecular flexibility index (Phi) is 4.13. The number of sulfonamides is 1. The minimum absolute atomic E-state index is 0.0101. The normalized spacial score (nSPS) is 12.2. The molecule has 25 heavy (non-hydrogen) atoms. The SMILES string of the molecule is O=S(=O)(F)c1cccc(S(=O)(=O)Nc2cccc3c(O)cccc23)c1. The Morgan fingerprint density at radius 1 is 0.800 bits per heavy atom. The van der Waals surface area contributed by atoms with Gasteiger partial charge < -0.3 is 5.11 Å². The maximum Gasteiger partial charge on any atom is 0.332 e. The van der Waals surface area contributed by atoms with Crippen molar-refractivity contribution >= 4 is 36.7 Å². The van der Waals surface area contributed by atoms with E-state index in [-0.39, 0.29) is 11.4 Å². The van der Waals surface area contributed by atoms with Gasteiger partial charge in [-0.15, -0.1) is 3.89 Å². The monoisotopic (exact) mass is 381 g/mol. The standard InChI is InChI=1S/C16H12FNO5S2/c17-24(20,21)11-4-1-5-12(10-11)25(22,23)18-15-8-2-7-14-13(15)6-3-9-16(14)19/h1-10,18-19H. The van der Waals surface area contributed by atoms with Crippen molar-refractivity contribution in [2.75, 3.05) is 4.72 Å². The van der Waals surface area contributed by atoms with Gasteiger partial charge in [-0.3, -0.25) is 4.72 Å². The summed E-state index contributed by atoms with van der Waals surface area (Å²) < 4.78 is 62.4. The molecular weight excluding hydrogens is 369 g/mol. The second-order valence-electron chi connectivity index (χ2n) is 5.20. The Morgan fingerprint density at radius 2 is 1.40 bits per heavy atom. The van der Waals surface area contributed by atoms with Crippen LogP contribution in [0, 0.1) is 0 Å². The average molecular weight is 381 g/mol. The maximum absolute atomic E-state index is 13.1. The summed E-state index contributed by atoms with van der Waals surface area (Å²) in [6.45, 7) is 0. The Balaban J connectivity index is 2.08. The van der Waals surface area contributed by atoms with Crippen LogP contribution in [0.5, 0.6) is 5.75 Å². The number of phenolic OH excluding ortho intramolecular Hbond substituents is 1. The predicted octanol–water partition coefficient (Wildman–Crippen LogP) is 3.00. The van der Waals surface area contributed by atoms with Gasteiger partial charge in [0.05, 0.1) is 15.5 Å². The molecule has 3 aromatic rings. The van der Waals surface area contributed by atoms with Crippen LogP contribution in [0.1, 0.15) is 0 Å². The molecule has 0 aliphatic carbocycles. The van der Waals surface area contributed by atoms with Gasteiger partial charge in [-0.1, -0.05) is 30.3 Å². The van der Waals surface area contributed by atoms with Gasteiger partial charge in [-0.25, -0.2) is 8.42 Å². The van der Waals surface area contributed by atoms with Crippen molar-refractivity contribution in [1.82, 2.24) is 0 Å². The largest absolute Gasteiger partial charge is 0.507 e. The van der Waals surface area contributed by atoms with Crippen LogP contribution >= 0.6 is 0 Å². The van der Waals surface area contributed by atoms with Crippen LogP contribution < -0.4 is 4.72 Å². The molecule has 6 nitrogen and oxygen atoms in total. The van der Waals surface area contributed by atoms with Crippen LogP contribution in [0.3, 0.4) is 0 Å². The van der Waals surface area contributed by atoms with Gasteiger partial charge in [0.15, 0.2) is 0 Å². The molecule has 3 aromatic carbocycles. The summed E-state index contributed by atoms with van der Waals surface area (Å²) in [6.07, 6.45) is 0. The molecule has 0 radical (unpaired) electrons. The zero-order chi connectivity index (χ0) is 18.2. The van der Waals surface area contributed by atoms with E-state index in [0.717, 1.165) is 24.3 Å². The predicted molar refractivity (Wildman–Crippen MR) is 91.2 cm³/mol. The smallest absolute Gasteiger partial charge is 0.332 e.